The lowest BCUT2D eigenvalue weighted by Gasteiger charge is -2.36. The van der Waals surface area contributed by atoms with E-state index in [0.29, 0.717) is 24.3 Å². The maximum atomic E-state index is 12.1. The van der Waals surface area contributed by atoms with Gasteiger partial charge in [-0.25, -0.2) is 0 Å². The Hall–Kier alpha value is -1.40. The molecule has 2 atom stereocenters. The van der Waals surface area contributed by atoms with Crippen molar-refractivity contribution in [1.82, 2.24) is 9.64 Å². The summed E-state index contributed by atoms with van der Waals surface area (Å²) < 4.78 is 5.95. The minimum absolute atomic E-state index is 0.199. The van der Waals surface area contributed by atoms with E-state index in [9.17, 15) is 9.59 Å². The smallest absolute Gasteiger partial charge is 0.290 e. The topological polar surface area (TPSA) is 81.5 Å². The third-order valence-corrected chi connectivity index (χ3v) is 3.77. The highest BCUT2D eigenvalue weighted by Gasteiger charge is 2.27. The van der Waals surface area contributed by atoms with Crippen LogP contribution < -0.4 is 11.3 Å². The highest BCUT2D eigenvalue weighted by atomic mass is 16.5. The molecule has 0 aromatic carbocycles. The van der Waals surface area contributed by atoms with E-state index in [1.54, 1.807) is 6.92 Å². The van der Waals surface area contributed by atoms with Crippen molar-refractivity contribution in [3.05, 3.63) is 22.2 Å². The van der Waals surface area contributed by atoms with Crippen LogP contribution in [0, 0.1) is 12.8 Å². The normalized spacial score (nSPS) is 24.6. The van der Waals surface area contributed by atoms with Gasteiger partial charge in [0.1, 0.15) is 5.76 Å². The van der Waals surface area contributed by atoms with Crippen molar-refractivity contribution >= 4 is 5.91 Å². The predicted molar refractivity (Wildman–Crippen MR) is 71.1 cm³/mol. The van der Waals surface area contributed by atoms with Crippen molar-refractivity contribution in [3.8, 4) is 0 Å². The monoisotopic (exact) mass is 267 g/mol. The molecule has 0 aliphatic carbocycles. The Morgan fingerprint density at radius 3 is 2.84 bits per heavy atom. The third-order valence-electron chi connectivity index (χ3n) is 3.77. The summed E-state index contributed by atoms with van der Waals surface area (Å²) in [5.41, 5.74) is 5.29. The minimum Gasteiger partial charge on any atom is -0.373 e. The highest BCUT2D eigenvalue weighted by Crippen LogP contribution is 2.20. The summed E-state index contributed by atoms with van der Waals surface area (Å²) in [6.45, 7) is 5.38. The average Bonchev–Trinajstić information content (AvgIpc) is 2.71. The minimum atomic E-state index is -0.400. The molecule has 1 fully saturated rings. The van der Waals surface area contributed by atoms with Gasteiger partial charge in [-0.1, -0.05) is 0 Å². The van der Waals surface area contributed by atoms with Crippen LogP contribution in [0.25, 0.3) is 0 Å². The lowest BCUT2D eigenvalue weighted by molar-refractivity contribution is 0.0601. The number of carbonyl (C=O) groups is 1. The van der Waals surface area contributed by atoms with Gasteiger partial charge in [-0.05, 0) is 39.2 Å². The van der Waals surface area contributed by atoms with Crippen LogP contribution in [-0.4, -0.2) is 41.2 Å². The quantitative estimate of drug-likeness (QED) is 0.860. The SMILES string of the molecule is Cc1cc(=O)n(C(=O)CN2CC(CN)CCC2C)o1. The number of carbonyl (C=O) groups excluding carboxylic acids is 1. The molecule has 2 unspecified atom stereocenters. The molecular weight excluding hydrogens is 246 g/mol. The summed E-state index contributed by atoms with van der Waals surface area (Å²) in [5, 5.41) is 0. The van der Waals surface area contributed by atoms with Gasteiger partial charge < -0.3 is 10.3 Å². The molecule has 1 aliphatic heterocycles. The zero-order valence-corrected chi connectivity index (χ0v) is 11.5. The van der Waals surface area contributed by atoms with Crippen LogP contribution in [0.5, 0.6) is 0 Å². The zero-order valence-electron chi connectivity index (χ0n) is 11.5. The summed E-state index contributed by atoms with van der Waals surface area (Å²) in [4.78, 5) is 25.7. The van der Waals surface area contributed by atoms with E-state index in [1.807, 2.05) is 0 Å². The van der Waals surface area contributed by atoms with Crippen LogP contribution in [0.1, 0.15) is 30.3 Å². The fourth-order valence-corrected chi connectivity index (χ4v) is 2.53. The fraction of sp³-hybridized carbons (Fsp3) is 0.692. The number of likely N-dealkylation sites (tertiary alicyclic amines) is 1. The highest BCUT2D eigenvalue weighted by molar-refractivity contribution is 5.79. The van der Waals surface area contributed by atoms with Crippen LogP contribution in [0.4, 0.5) is 0 Å². The number of piperidine rings is 1. The lowest BCUT2D eigenvalue weighted by Crippen LogP contribution is -2.47. The third kappa shape index (κ3) is 3.13. The van der Waals surface area contributed by atoms with E-state index in [-0.39, 0.29) is 12.5 Å². The first-order chi connectivity index (χ1) is 9.01. The molecule has 0 spiro atoms. The van der Waals surface area contributed by atoms with Gasteiger partial charge in [-0.2, -0.15) is 0 Å². The Balaban J connectivity index is 2.05. The van der Waals surface area contributed by atoms with Crippen molar-refractivity contribution in [2.75, 3.05) is 19.6 Å². The van der Waals surface area contributed by atoms with Gasteiger partial charge in [0.2, 0.25) is 0 Å². The van der Waals surface area contributed by atoms with Crippen LogP contribution in [-0.2, 0) is 0 Å². The molecule has 1 saturated heterocycles. The molecule has 1 aliphatic rings. The summed E-state index contributed by atoms with van der Waals surface area (Å²) in [5.74, 6) is 0.562. The summed E-state index contributed by atoms with van der Waals surface area (Å²) in [6, 6.07) is 1.65. The molecule has 0 radical (unpaired) electrons. The molecule has 2 rings (SSSR count). The first-order valence-corrected chi connectivity index (χ1v) is 6.68. The number of hydrogen-bond donors (Lipinski definition) is 1. The zero-order chi connectivity index (χ0) is 14.0. The first-order valence-electron chi connectivity index (χ1n) is 6.68. The molecule has 0 bridgehead atoms. The second-order valence-corrected chi connectivity index (χ2v) is 5.33. The van der Waals surface area contributed by atoms with E-state index in [4.69, 9.17) is 10.3 Å². The second-order valence-electron chi connectivity index (χ2n) is 5.33. The van der Waals surface area contributed by atoms with Gasteiger partial charge in [0.15, 0.2) is 0 Å². The Bertz CT molecular complexity index is 505. The molecule has 6 nitrogen and oxygen atoms in total. The Kier molecular flexibility index (Phi) is 4.21. The van der Waals surface area contributed by atoms with Crippen molar-refractivity contribution in [2.24, 2.45) is 11.7 Å². The molecule has 2 heterocycles. The second kappa shape index (κ2) is 5.71. The van der Waals surface area contributed by atoms with E-state index in [2.05, 4.69) is 11.8 Å². The number of nitrogens with zero attached hydrogens (tertiary/aromatic N) is 2. The van der Waals surface area contributed by atoms with Gasteiger partial charge in [0, 0.05) is 18.7 Å². The number of nitrogens with two attached hydrogens (primary N) is 1. The molecule has 1 aromatic rings. The molecule has 0 amide bonds. The van der Waals surface area contributed by atoms with Crippen LogP contribution in [0.2, 0.25) is 0 Å². The number of aryl methyl sites for hydroxylation is 1. The molecule has 19 heavy (non-hydrogen) atoms. The van der Waals surface area contributed by atoms with Gasteiger partial charge in [-0.3, -0.25) is 14.5 Å². The standard InChI is InChI=1S/C13H21N3O3/c1-9-3-4-11(6-14)7-15(9)8-13(18)16-12(17)5-10(2)19-16/h5,9,11H,3-4,6-8,14H2,1-2H3. The maximum absolute atomic E-state index is 12.1. The Morgan fingerprint density at radius 1 is 1.53 bits per heavy atom. The summed E-state index contributed by atoms with van der Waals surface area (Å²) >= 11 is 0. The number of rotatable bonds is 3. The van der Waals surface area contributed by atoms with E-state index < -0.39 is 5.56 Å². The van der Waals surface area contributed by atoms with Crippen LogP contribution in [0.15, 0.2) is 15.4 Å². The number of hydrogen-bond acceptors (Lipinski definition) is 5. The first kappa shape index (κ1) is 14.0. The van der Waals surface area contributed by atoms with Gasteiger partial charge >= 0.3 is 0 Å². The summed E-state index contributed by atoms with van der Waals surface area (Å²) in [6.07, 6.45) is 2.13. The molecule has 2 N–H and O–H groups in total. The molecular formula is C13H21N3O3. The predicted octanol–water partition coefficient (Wildman–Crippen LogP) is 0.449. The van der Waals surface area contributed by atoms with Gasteiger partial charge in [0.25, 0.3) is 11.5 Å². The molecule has 1 aromatic heterocycles. The molecule has 106 valence electrons. The average molecular weight is 267 g/mol. The van der Waals surface area contributed by atoms with Crippen molar-refractivity contribution in [2.45, 2.75) is 32.7 Å². The van der Waals surface area contributed by atoms with E-state index in [1.165, 1.54) is 6.07 Å². The van der Waals surface area contributed by atoms with Gasteiger partial charge in [-0.15, -0.1) is 4.74 Å². The fourth-order valence-electron chi connectivity index (χ4n) is 2.53. The van der Waals surface area contributed by atoms with Crippen molar-refractivity contribution in [3.63, 3.8) is 0 Å². The van der Waals surface area contributed by atoms with E-state index in [0.717, 1.165) is 24.1 Å². The maximum Gasteiger partial charge on any atom is 0.290 e. The molecule has 0 saturated carbocycles. The largest absolute Gasteiger partial charge is 0.373 e. The van der Waals surface area contributed by atoms with Crippen molar-refractivity contribution < 1.29 is 9.32 Å². The van der Waals surface area contributed by atoms with Crippen LogP contribution in [0.3, 0.4) is 0 Å². The number of aromatic nitrogens is 1. The summed E-state index contributed by atoms with van der Waals surface area (Å²) in [7, 11) is 0. The molecule has 6 heteroatoms. The Morgan fingerprint density at radius 2 is 2.26 bits per heavy atom. The van der Waals surface area contributed by atoms with Crippen molar-refractivity contribution in [1.29, 1.82) is 0 Å². The van der Waals surface area contributed by atoms with Gasteiger partial charge in [0.05, 0.1) is 6.54 Å². The lowest BCUT2D eigenvalue weighted by atomic mass is 9.93. The van der Waals surface area contributed by atoms with E-state index >= 15 is 0 Å². The van der Waals surface area contributed by atoms with Crippen LogP contribution >= 0.6 is 0 Å². The Labute approximate surface area is 112 Å².